The van der Waals surface area contributed by atoms with Crippen LogP contribution in [0.5, 0.6) is 0 Å². The highest BCUT2D eigenvalue weighted by Gasteiger charge is 2.14. The Labute approximate surface area is 136 Å². The van der Waals surface area contributed by atoms with Crippen molar-refractivity contribution in [2.24, 2.45) is 0 Å². The molecule has 0 heterocycles. The van der Waals surface area contributed by atoms with Gasteiger partial charge >= 0.3 is 16.3 Å². The predicted molar refractivity (Wildman–Crippen MR) is 78.9 cm³/mol. The first-order valence-electron chi connectivity index (χ1n) is 6.42. The van der Waals surface area contributed by atoms with Crippen LogP contribution in [0.1, 0.15) is 0 Å². The molecule has 1 amide bonds. The zero-order valence-electron chi connectivity index (χ0n) is 12.2. The molecule has 0 aromatic heterocycles. The van der Waals surface area contributed by atoms with E-state index >= 15 is 0 Å². The van der Waals surface area contributed by atoms with Crippen molar-refractivity contribution in [3.8, 4) is 0 Å². The van der Waals surface area contributed by atoms with Crippen LogP contribution in [-0.2, 0) is 35.7 Å². The number of rotatable bonds is 14. The molecule has 1 unspecified atom stereocenters. The van der Waals surface area contributed by atoms with Gasteiger partial charge in [0.15, 0.2) is 0 Å². The Morgan fingerprint density at radius 2 is 1.70 bits per heavy atom. The van der Waals surface area contributed by atoms with Gasteiger partial charge in [-0.05, 0) is 0 Å². The molecule has 0 aromatic carbocycles. The third-order valence-electron chi connectivity index (χ3n) is 1.92. The van der Waals surface area contributed by atoms with Gasteiger partial charge in [0, 0.05) is 13.1 Å². The molecule has 0 aliphatic carbocycles. The second-order valence-corrected chi connectivity index (χ2v) is 6.01. The number of aliphatic hydroxyl groups excluding tert-OH is 1. The number of carbonyl (C=O) groups excluding carboxylic acids is 1. The SMILES string of the molecule is O=C(NS(=O)(=O)NCCOCCO)OCCOCCNS(=O)O. The molecular weight excluding hydrogens is 358 g/mol. The van der Waals surface area contributed by atoms with Crippen LogP contribution < -0.4 is 14.2 Å². The largest absolute Gasteiger partial charge is 0.446 e. The van der Waals surface area contributed by atoms with Gasteiger partial charge in [-0.2, -0.15) is 13.1 Å². The second-order valence-electron chi connectivity index (χ2n) is 3.73. The first kappa shape index (κ1) is 22.1. The number of amides is 1. The highest BCUT2D eigenvalue weighted by Crippen LogP contribution is 1.85. The number of ether oxygens (including phenoxy) is 3. The van der Waals surface area contributed by atoms with Crippen LogP contribution in [0.4, 0.5) is 4.79 Å². The molecule has 138 valence electrons. The predicted octanol–water partition coefficient (Wildman–Crippen LogP) is -2.70. The number of hydrogen-bond donors (Lipinski definition) is 5. The zero-order valence-corrected chi connectivity index (χ0v) is 13.9. The lowest BCUT2D eigenvalue weighted by molar-refractivity contribution is 0.0776. The molecule has 0 fully saturated rings. The maximum Gasteiger partial charge on any atom is 0.421 e. The summed E-state index contributed by atoms with van der Waals surface area (Å²) in [5.41, 5.74) is 0. The lowest BCUT2D eigenvalue weighted by atomic mass is 10.7. The van der Waals surface area contributed by atoms with Gasteiger partial charge in [-0.25, -0.2) is 18.4 Å². The van der Waals surface area contributed by atoms with E-state index in [4.69, 9.17) is 19.1 Å². The minimum Gasteiger partial charge on any atom is -0.446 e. The Balaban J connectivity index is 3.65. The smallest absolute Gasteiger partial charge is 0.421 e. The van der Waals surface area contributed by atoms with Gasteiger partial charge in [0.05, 0.1) is 33.0 Å². The van der Waals surface area contributed by atoms with Crippen LogP contribution in [0, 0.1) is 0 Å². The Morgan fingerprint density at radius 3 is 2.35 bits per heavy atom. The van der Waals surface area contributed by atoms with E-state index in [-0.39, 0.29) is 52.7 Å². The Morgan fingerprint density at radius 1 is 1.04 bits per heavy atom. The number of hydrogen-bond acceptors (Lipinski definition) is 8. The molecule has 1 atom stereocenters. The Bertz CT molecular complexity index is 446. The molecule has 0 spiro atoms. The van der Waals surface area contributed by atoms with Gasteiger partial charge in [-0.15, -0.1) is 0 Å². The van der Waals surface area contributed by atoms with Gasteiger partial charge in [0.2, 0.25) is 11.3 Å². The number of aliphatic hydroxyl groups is 1. The van der Waals surface area contributed by atoms with Gasteiger partial charge < -0.3 is 19.3 Å². The van der Waals surface area contributed by atoms with Crippen LogP contribution in [0.3, 0.4) is 0 Å². The van der Waals surface area contributed by atoms with Crippen LogP contribution in [-0.4, -0.2) is 81.1 Å². The van der Waals surface area contributed by atoms with Gasteiger partial charge in [-0.1, -0.05) is 0 Å². The van der Waals surface area contributed by atoms with Crippen molar-refractivity contribution in [3.63, 3.8) is 0 Å². The molecule has 0 saturated heterocycles. The van der Waals surface area contributed by atoms with Crippen molar-refractivity contribution in [1.29, 1.82) is 0 Å². The molecule has 0 aliphatic heterocycles. The monoisotopic (exact) mass is 379 g/mol. The fraction of sp³-hybridized carbons (Fsp3) is 0.889. The Kier molecular flexibility index (Phi) is 13.0. The molecule has 0 saturated carbocycles. The van der Waals surface area contributed by atoms with E-state index in [9.17, 15) is 17.4 Å². The summed E-state index contributed by atoms with van der Waals surface area (Å²) in [6, 6.07) is 0. The van der Waals surface area contributed by atoms with E-state index in [2.05, 4.69) is 9.46 Å². The lowest BCUT2D eigenvalue weighted by Crippen LogP contribution is -2.42. The molecule has 0 aromatic rings. The zero-order chi connectivity index (χ0) is 17.6. The van der Waals surface area contributed by atoms with Crippen molar-refractivity contribution in [2.45, 2.75) is 0 Å². The van der Waals surface area contributed by atoms with Crippen LogP contribution >= 0.6 is 0 Å². The van der Waals surface area contributed by atoms with Crippen LogP contribution in [0.2, 0.25) is 0 Å². The molecule has 14 heteroatoms. The third-order valence-corrected chi connectivity index (χ3v) is 3.40. The van der Waals surface area contributed by atoms with Crippen molar-refractivity contribution in [2.75, 3.05) is 52.7 Å². The van der Waals surface area contributed by atoms with Crippen molar-refractivity contribution < 1.29 is 41.3 Å². The summed E-state index contributed by atoms with van der Waals surface area (Å²) in [4.78, 5) is 11.2. The molecular formula is C9H21N3O9S2. The van der Waals surface area contributed by atoms with Crippen molar-refractivity contribution in [1.82, 2.24) is 14.2 Å². The maximum absolute atomic E-state index is 11.4. The lowest BCUT2D eigenvalue weighted by Gasteiger charge is -2.09. The van der Waals surface area contributed by atoms with Crippen LogP contribution in [0.25, 0.3) is 0 Å². The highest BCUT2D eigenvalue weighted by molar-refractivity contribution is 7.88. The molecule has 5 N–H and O–H groups in total. The summed E-state index contributed by atoms with van der Waals surface area (Å²) in [5.74, 6) is 0. The van der Waals surface area contributed by atoms with Gasteiger partial charge in [-0.3, -0.25) is 4.55 Å². The molecule has 0 bridgehead atoms. The average molecular weight is 379 g/mol. The molecule has 23 heavy (non-hydrogen) atoms. The topological polar surface area (TPSA) is 173 Å². The summed E-state index contributed by atoms with van der Waals surface area (Å²) in [6.07, 6.45) is -1.17. The first-order valence-corrected chi connectivity index (χ1v) is 9.01. The number of carbonyl (C=O) groups is 1. The van der Waals surface area contributed by atoms with Crippen LogP contribution in [0.15, 0.2) is 0 Å². The number of nitrogens with one attached hydrogen (secondary N) is 3. The van der Waals surface area contributed by atoms with E-state index in [1.54, 1.807) is 4.72 Å². The third kappa shape index (κ3) is 15.8. The van der Waals surface area contributed by atoms with E-state index in [1.165, 1.54) is 0 Å². The molecule has 0 aliphatic rings. The maximum atomic E-state index is 11.4. The first-order chi connectivity index (χ1) is 10.9. The van der Waals surface area contributed by atoms with Crippen molar-refractivity contribution in [3.05, 3.63) is 0 Å². The summed E-state index contributed by atoms with van der Waals surface area (Å²) in [7, 11) is -4.06. The van der Waals surface area contributed by atoms with E-state index in [0.29, 0.717) is 0 Å². The summed E-state index contributed by atoms with van der Waals surface area (Å²) in [6.45, 7) is -0.0774. The van der Waals surface area contributed by atoms with Crippen molar-refractivity contribution >= 4 is 27.6 Å². The summed E-state index contributed by atoms with van der Waals surface area (Å²) in [5, 5.41) is 8.44. The van der Waals surface area contributed by atoms with Gasteiger partial charge in [0.1, 0.15) is 6.61 Å². The molecule has 12 nitrogen and oxygen atoms in total. The minimum atomic E-state index is -4.06. The van der Waals surface area contributed by atoms with Gasteiger partial charge in [0.25, 0.3) is 0 Å². The fourth-order valence-electron chi connectivity index (χ4n) is 1.09. The second kappa shape index (κ2) is 13.6. The van der Waals surface area contributed by atoms with E-state index in [1.807, 2.05) is 4.72 Å². The Hall–Kier alpha value is -0.870. The fourth-order valence-corrected chi connectivity index (χ4v) is 2.05. The average Bonchev–Trinajstić information content (AvgIpc) is 2.45. The minimum absolute atomic E-state index is 0.00433. The molecule has 0 radical (unpaired) electrons. The van der Waals surface area contributed by atoms with E-state index in [0.717, 1.165) is 0 Å². The quantitative estimate of drug-likeness (QED) is 0.159. The summed E-state index contributed by atoms with van der Waals surface area (Å²) >= 11 is -2.12. The van der Waals surface area contributed by atoms with E-state index < -0.39 is 27.6 Å². The summed E-state index contributed by atoms with van der Waals surface area (Å²) < 4.78 is 61.6. The normalized spacial score (nSPS) is 12.8. The standard InChI is InChI=1S/C9H21N3O9S2/c13-3-6-19-5-2-11-23(17,18)12-9(14)21-8-7-20-4-1-10-22(15)16/h10-11,13H,1-8H2,(H,12,14)(H,15,16). The molecule has 0 rings (SSSR count). The highest BCUT2D eigenvalue weighted by atomic mass is 32.2.